The van der Waals surface area contributed by atoms with Crippen LogP contribution >= 0.6 is 0 Å². The summed E-state index contributed by atoms with van der Waals surface area (Å²) in [5.41, 5.74) is -3.31. The molecule has 258 valence electrons. The lowest BCUT2D eigenvalue weighted by Gasteiger charge is -2.32. The largest absolute Gasteiger partial charge is 0.115 e. The molecule has 71 heavy (non-hydrogen) atoms. The first-order valence-corrected chi connectivity index (χ1v) is 20.9. The third-order valence-corrected chi connectivity index (χ3v) is 13.9. The van der Waals surface area contributed by atoms with Gasteiger partial charge in [0.25, 0.3) is 0 Å². The van der Waals surface area contributed by atoms with Gasteiger partial charge < -0.3 is 0 Å². The highest BCUT2D eigenvalue weighted by Gasteiger charge is 2.30. The quantitative estimate of drug-likeness (QED) is 0.0946. The molecule has 0 bridgehead atoms. The maximum Gasteiger partial charge on any atom is 0.115 e. The molecule has 0 aliphatic rings. The van der Waals surface area contributed by atoms with Crippen LogP contribution in [0.25, 0.3) is 87.2 Å². The zero-order valence-electron chi connectivity index (χ0n) is 37.7. The summed E-state index contributed by atoms with van der Waals surface area (Å²) in [7, 11) is 183. The van der Waals surface area contributed by atoms with Gasteiger partial charge in [0.2, 0.25) is 0 Å². The molecule has 0 aliphatic carbocycles. The molecule has 54 radical (unpaired) electrons. The highest BCUT2D eigenvalue weighted by atomic mass is 14.3. The van der Waals surface area contributed by atoms with Crippen molar-refractivity contribution < 1.29 is 0 Å². The Kier molecular flexibility index (Phi) is 12.9. The number of hydrogen-bond acceptors (Lipinski definition) is 0. The van der Waals surface area contributed by atoms with Gasteiger partial charge in [-0.15, -0.1) is 65.6 Å². The molecule has 9 aromatic rings. The highest BCUT2D eigenvalue weighted by molar-refractivity contribution is 6.78. The second kappa shape index (κ2) is 17.6. The van der Waals surface area contributed by atoms with Crippen molar-refractivity contribution in [2.45, 2.75) is 0 Å². The number of fused-ring (bicyclic) bond motifs is 6. The van der Waals surface area contributed by atoms with Gasteiger partial charge in [0.05, 0.1) is 0 Å². The van der Waals surface area contributed by atoms with E-state index in [1.54, 1.807) is 0 Å². The van der Waals surface area contributed by atoms with E-state index < -0.39 is 0 Å². The Labute approximate surface area is 449 Å². The van der Waals surface area contributed by atoms with E-state index in [4.69, 9.17) is 212 Å². The molecule has 0 amide bonds. The Morgan fingerprint density at radius 3 is 0.662 bits per heavy atom. The molecular formula is C44HB27. The van der Waals surface area contributed by atoms with Crippen LogP contribution in [-0.4, -0.2) is 212 Å². The first-order valence-electron chi connectivity index (χ1n) is 20.9. The minimum Gasteiger partial charge on any atom is -0.110 e. The molecule has 0 N–H and O–H groups in total. The first kappa shape index (κ1) is 51.9. The molecule has 0 saturated carbocycles. The van der Waals surface area contributed by atoms with Gasteiger partial charge >= 0.3 is 0 Å². The molecule has 0 spiro atoms. The maximum absolute atomic E-state index is 7.18. The minimum atomic E-state index is -0.211. The lowest BCUT2D eigenvalue weighted by molar-refractivity contribution is 1.78. The van der Waals surface area contributed by atoms with E-state index in [2.05, 4.69) is 0 Å². The van der Waals surface area contributed by atoms with E-state index in [9.17, 15) is 0 Å². The summed E-state index contributed by atoms with van der Waals surface area (Å²) < 4.78 is 0. The van der Waals surface area contributed by atoms with E-state index in [1.165, 1.54) is 6.07 Å². The zero-order valence-corrected chi connectivity index (χ0v) is 37.7. The van der Waals surface area contributed by atoms with Gasteiger partial charge in [-0.25, -0.2) is 0 Å². The summed E-state index contributed by atoms with van der Waals surface area (Å²) in [6.07, 6.45) is 0. The topological polar surface area (TPSA) is 0 Å². The highest BCUT2D eigenvalue weighted by Crippen LogP contribution is 2.42. The SMILES string of the molecule is [B]c1c(-c2c3c([B])c([B])c([B])c([B])c3c(-c3c([B])c([B])c([B])c4c([B])c([B])c([B])c([B])c34)c3c([B])c([B])c([B])c([B])c23)cc(-c2c([B])c3c([B])c([B])c([B])c([B])c3c3c([B])c([B])c([B])c([B])c23)c([B])c1[B]. The number of rotatable bonds is 3. The monoisotopic (exact) mass is 826 g/mol. The van der Waals surface area contributed by atoms with Gasteiger partial charge in [-0.1, -0.05) is 81.9 Å². The van der Waals surface area contributed by atoms with Crippen molar-refractivity contribution in [1.82, 2.24) is 0 Å². The third kappa shape index (κ3) is 6.77. The summed E-state index contributed by atoms with van der Waals surface area (Å²) in [5, 5.41) is 0.687. The molecule has 0 atom stereocenters. The minimum absolute atomic E-state index is 0.0114. The average Bonchev–Trinajstić information content (AvgIpc) is 3.34. The number of hydrogen-bond donors (Lipinski definition) is 0. The van der Waals surface area contributed by atoms with E-state index in [-0.39, 0.29) is 235 Å². The van der Waals surface area contributed by atoms with Crippen LogP contribution in [0.1, 0.15) is 0 Å². The molecule has 9 rings (SSSR count). The Morgan fingerprint density at radius 2 is 0.324 bits per heavy atom. The summed E-state index contributed by atoms with van der Waals surface area (Å²) in [5.74, 6) is 0. The molecule has 0 saturated heterocycles. The van der Waals surface area contributed by atoms with Crippen molar-refractivity contribution in [3.05, 3.63) is 6.07 Å². The standard InChI is InChI=1S/C44HB27/c45-18-2(1-3(19(46)33(18)60)5-9-13(27(54)40(67)37(64)23(9)50)15-16(20(5)47)30(57)43(70)42(69)29(15)56)4-7-10(25(52)38(65)35(62)21(7)48)6(11-8(4)22(49)36(63)39(66)26(11)53)12-14-17(31(58)34(61)24(12)51)32(59)44(71)41(68)28(14)55/h1H. The lowest BCUT2D eigenvalue weighted by atomic mass is 9.56. The van der Waals surface area contributed by atoms with Crippen LogP contribution in [0.5, 0.6) is 0 Å². The summed E-state index contributed by atoms with van der Waals surface area (Å²) >= 11 is 0. The van der Waals surface area contributed by atoms with Crippen molar-refractivity contribution in [1.29, 1.82) is 0 Å². The fraction of sp³-hybridized carbons (Fsp3) is 0. The second-order valence-electron chi connectivity index (χ2n) is 17.4. The Bertz CT molecular complexity index is 3980. The van der Waals surface area contributed by atoms with Gasteiger partial charge in [-0.3, -0.25) is 0 Å². The van der Waals surface area contributed by atoms with Crippen molar-refractivity contribution in [2.24, 2.45) is 0 Å². The van der Waals surface area contributed by atoms with Gasteiger partial charge in [0.15, 0.2) is 0 Å². The maximum atomic E-state index is 7.18. The molecular weight excluding hydrogens is 820 g/mol. The molecule has 0 aliphatic heterocycles. The molecule has 0 nitrogen and oxygen atoms in total. The van der Waals surface area contributed by atoms with Crippen LogP contribution in [0.4, 0.5) is 0 Å². The van der Waals surface area contributed by atoms with Crippen LogP contribution in [0.15, 0.2) is 6.07 Å². The van der Waals surface area contributed by atoms with E-state index in [0.29, 0.717) is 0 Å². The van der Waals surface area contributed by atoms with Crippen LogP contribution < -0.4 is 147 Å². The van der Waals surface area contributed by atoms with E-state index in [1.807, 2.05) is 0 Å². The fourth-order valence-corrected chi connectivity index (χ4v) is 10.0. The van der Waals surface area contributed by atoms with E-state index in [0.717, 1.165) is 0 Å². The first-order chi connectivity index (χ1) is 33.1. The normalized spacial score (nSPS) is 11.8. The molecule has 27 heteroatoms. The van der Waals surface area contributed by atoms with Crippen LogP contribution in [0, 0.1) is 0 Å². The van der Waals surface area contributed by atoms with Crippen molar-refractivity contribution in [2.75, 3.05) is 0 Å². The fourth-order valence-electron chi connectivity index (χ4n) is 10.0. The van der Waals surface area contributed by atoms with Crippen LogP contribution in [0.3, 0.4) is 0 Å². The molecule has 0 fully saturated rings. The van der Waals surface area contributed by atoms with E-state index >= 15 is 0 Å². The van der Waals surface area contributed by atoms with Gasteiger partial charge in [0, 0.05) is 0 Å². The number of benzene rings is 9. The molecule has 0 unspecified atom stereocenters. The summed E-state index contributed by atoms with van der Waals surface area (Å²) in [6, 6.07) is 1.51. The Hall–Kier alpha value is -3.97. The lowest BCUT2D eigenvalue weighted by Crippen LogP contribution is -2.53. The zero-order chi connectivity index (χ0) is 52.5. The Balaban J connectivity index is 1.63. The second-order valence-corrected chi connectivity index (χ2v) is 17.4. The van der Waals surface area contributed by atoms with Gasteiger partial charge in [-0.2, -0.15) is 0 Å². The van der Waals surface area contributed by atoms with Crippen molar-refractivity contribution in [3.63, 3.8) is 0 Å². The average molecular weight is 821 g/mol. The van der Waals surface area contributed by atoms with Gasteiger partial charge in [0.1, 0.15) is 212 Å². The summed E-state index contributed by atoms with van der Waals surface area (Å²) in [4.78, 5) is 0. The van der Waals surface area contributed by atoms with Crippen molar-refractivity contribution in [3.8, 4) is 33.4 Å². The molecule has 0 heterocycles. The molecule has 9 aromatic carbocycles. The Morgan fingerprint density at radius 1 is 0.127 bits per heavy atom. The van der Waals surface area contributed by atoms with Crippen molar-refractivity contribution >= 4 is 413 Å². The van der Waals surface area contributed by atoms with Gasteiger partial charge in [-0.05, 0) is 93.3 Å². The third-order valence-electron chi connectivity index (χ3n) is 13.9. The predicted molar refractivity (Wildman–Crippen MR) is 336 cm³/mol. The predicted octanol–water partition coefficient (Wildman–Crippen LogP) is -20.1. The van der Waals surface area contributed by atoms with Crippen LogP contribution in [-0.2, 0) is 0 Å². The summed E-state index contributed by atoms with van der Waals surface area (Å²) in [6.45, 7) is 0. The van der Waals surface area contributed by atoms with Crippen LogP contribution in [0.2, 0.25) is 0 Å². The molecule has 0 aromatic heterocycles. The smallest absolute Gasteiger partial charge is 0.110 e.